The lowest BCUT2D eigenvalue weighted by molar-refractivity contribution is -0.122. The number of nitrogens with one attached hydrogen (secondary N) is 1. The molecule has 0 spiro atoms. The molecule has 6 nitrogen and oxygen atoms in total. The second-order valence-electron chi connectivity index (χ2n) is 4.17. The van der Waals surface area contributed by atoms with Crippen LogP contribution in [0.4, 0.5) is 4.79 Å². The molecule has 0 aromatic carbocycles. The summed E-state index contributed by atoms with van der Waals surface area (Å²) in [5.41, 5.74) is 0. The Labute approximate surface area is 101 Å². The van der Waals surface area contributed by atoms with Gasteiger partial charge < -0.3 is 9.84 Å². The van der Waals surface area contributed by atoms with Crippen LogP contribution in [0.3, 0.4) is 0 Å². The van der Waals surface area contributed by atoms with Gasteiger partial charge in [0.2, 0.25) is 5.91 Å². The number of amides is 2. The van der Waals surface area contributed by atoms with Crippen molar-refractivity contribution in [1.29, 1.82) is 0 Å². The highest BCUT2D eigenvalue weighted by molar-refractivity contribution is 5.92. The van der Waals surface area contributed by atoms with Gasteiger partial charge in [0.05, 0.1) is 20.3 Å². The van der Waals surface area contributed by atoms with Gasteiger partial charge in [0.25, 0.3) is 0 Å². The summed E-state index contributed by atoms with van der Waals surface area (Å²) in [6, 6.07) is 0.338. The Balaban J connectivity index is 2.42. The van der Waals surface area contributed by atoms with Crippen molar-refractivity contribution in [1.82, 2.24) is 10.2 Å². The first kappa shape index (κ1) is 13.9. The van der Waals surface area contributed by atoms with Crippen LogP contribution in [0.1, 0.15) is 25.7 Å². The molecule has 0 saturated heterocycles. The van der Waals surface area contributed by atoms with Crippen LogP contribution in [0.5, 0.6) is 0 Å². The van der Waals surface area contributed by atoms with E-state index in [4.69, 9.17) is 5.11 Å². The van der Waals surface area contributed by atoms with E-state index in [1.807, 2.05) is 4.90 Å². The highest BCUT2D eigenvalue weighted by atomic mass is 16.5. The summed E-state index contributed by atoms with van der Waals surface area (Å²) in [6.45, 7) is 0.599. The fraction of sp³-hybridized carbons (Fsp3) is 0.818. The zero-order valence-electron chi connectivity index (χ0n) is 10.1. The largest absolute Gasteiger partial charge is 0.453 e. The molecule has 0 heterocycles. The molecule has 2 N–H and O–H groups in total. The number of hydrogen-bond donors (Lipinski definition) is 2. The molecule has 0 unspecified atom stereocenters. The van der Waals surface area contributed by atoms with Crippen LogP contribution >= 0.6 is 0 Å². The molecule has 6 heteroatoms. The molecule has 0 radical (unpaired) electrons. The van der Waals surface area contributed by atoms with Gasteiger partial charge in [-0.1, -0.05) is 12.8 Å². The van der Waals surface area contributed by atoms with Crippen molar-refractivity contribution in [3.8, 4) is 0 Å². The molecule has 0 aromatic heterocycles. The zero-order chi connectivity index (χ0) is 12.7. The van der Waals surface area contributed by atoms with Crippen LogP contribution in [0.15, 0.2) is 0 Å². The number of nitrogens with zero attached hydrogens (tertiary/aromatic N) is 1. The monoisotopic (exact) mass is 244 g/mol. The summed E-state index contributed by atoms with van der Waals surface area (Å²) in [5, 5.41) is 11.1. The molecule has 17 heavy (non-hydrogen) atoms. The average Bonchev–Trinajstić information content (AvgIpc) is 2.81. The molecule has 1 aliphatic carbocycles. The third kappa shape index (κ3) is 4.70. The maximum atomic E-state index is 11.5. The number of carbonyl (C=O) groups excluding carboxylic acids is 2. The highest BCUT2D eigenvalue weighted by Gasteiger charge is 2.24. The van der Waals surface area contributed by atoms with Crippen molar-refractivity contribution in [2.75, 3.05) is 26.8 Å². The highest BCUT2D eigenvalue weighted by Crippen LogP contribution is 2.22. The zero-order valence-corrected chi connectivity index (χ0v) is 10.1. The standard InChI is InChI=1S/C11H20N2O4/c1-17-11(16)12-10(15)8-13(6-7-14)9-4-2-3-5-9/h9,14H,2-8H2,1H3,(H,12,15,16). The van der Waals surface area contributed by atoms with Crippen LogP contribution in [-0.4, -0.2) is 54.9 Å². The van der Waals surface area contributed by atoms with Crippen LogP contribution in [0, 0.1) is 0 Å². The van der Waals surface area contributed by atoms with Crippen molar-refractivity contribution in [3.05, 3.63) is 0 Å². The minimum atomic E-state index is -0.745. The summed E-state index contributed by atoms with van der Waals surface area (Å²) in [7, 11) is 1.21. The number of imide groups is 1. The van der Waals surface area contributed by atoms with E-state index in [0.29, 0.717) is 12.6 Å². The van der Waals surface area contributed by atoms with Crippen LogP contribution in [-0.2, 0) is 9.53 Å². The number of aliphatic hydroxyl groups is 1. The number of aliphatic hydroxyl groups excluding tert-OH is 1. The van der Waals surface area contributed by atoms with E-state index in [-0.39, 0.29) is 13.2 Å². The third-order valence-corrected chi connectivity index (χ3v) is 3.00. The lowest BCUT2D eigenvalue weighted by Crippen LogP contribution is -2.44. The van der Waals surface area contributed by atoms with E-state index < -0.39 is 12.0 Å². The van der Waals surface area contributed by atoms with Gasteiger partial charge in [0, 0.05) is 12.6 Å². The summed E-state index contributed by atoms with van der Waals surface area (Å²) in [4.78, 5) is 24.3. The lowest BCUT2D eigenvalue weighted by atomic mass is 10.2. The molecule has 1 saturated carbocycles. The van der Waals surface area contributed by atoms with E-state index in [0.717, 1.165) is 25.7 Å². The summed E-state index contributed by atoms with van der Waals surface area (Å²) < 4.78 is 4.35. The SMILES string of the molecule is COC(=O)NC(=O)CN(CCO)C1CCCC1. The van der Waals surface area contributed by atoms with Gasteiger partial charge in [0.15, 0.2) is 0 Å². The number of hydrogen-bond acceptors (Lipinski definition) is 5. The topological polar surface area (TPSA) is 78.9 Å². The molecule has 0 bridgehead atoms. The maximum absolute atomic E-state index is 11.5. The molecule has 1 aliphatic rings. The van der Waals surface area contributed by atoms with Crippen molar-refractivity contribution in [2.24, 2.45) is 0 Å². The third-order valence-electron chi connectivity index (χ3n) is 3.00. The van der Waals surface area contributed by atoms with E-state index in [1.54, 1.807) is 0 Å². The predicted molar refractivity (Wildman–Crippen MR) is 61.5 cm³/mol. The first-order valence-corrected chi connectivity index (χ1v) is 5.90. The van der Waals surface area contributed by atoms with E-state index >= 15 is 0 Å². The number of ether oxygens (including phenoxy) is 1. The van der Waals surface area contributed by atoms with Crippen LogP contribution < -0.4 is 5.32 Å². The van der Waals surface area contributed by atoms with Crippen molar-refractivity contribution in [2.45, 2.75) is 31.7 Å². The van der Waals surface area contributed by atoms with Gasteiger partial charge in [-0.25, -0.2) is 4.79 Å². The number of alkyl carbamates (subject to hydrolysis) is 1. The first-order chi connectivity index (χ1) is 8.17. The molecule has 0 aromatic rings. The fourth-order valence-electron chi connectivity index (χ4n) is 2.18. The molecule has 0 aliphatic heterocycles. The minimum Gasteiger partial charge on any atom is -0.453 e. The van der Waals surface area contributed by atoms with Gasteiger partial charge in [-0.2, -0.15) is 0 Å². The average molecular weight is 244 g/mol. The minimum absolute atomic E-state index is 0.0159. The van der Waals surface area contributed by atoms with Crippen LogP contribution in [0.2, 0.25) is 0 Å². The second kappa shape index (κ2) is 7.24. The van der Waals surface area contributed by atoms with Gasteiger partial charge >= 0.3 is 6.09 Å². The Hall–Kier alpha value is -1.14. The second-order valence-corrected chi connectivity index (χ2v) is 4.17. The fourth-order valence-corrected chi connectivity index (χ4v) is 2.18. The normalized spacial score (nSPS) is 16.2. The molecular weight excluding hydrogens is 224 g/mol. The Morgan fingerprint density at radius 1 is 1.41 bits per heavy atom. The van der Waals surface area contributed by atoms with Gasteiger partial charge in [0.1, 0.15) is 0 Å². The molecule has 98 valence electrons. The van der Waals surface area contributed by atoms with Crippen molar-refractivity contribution >= 4 is 12.0 Å². The number of rotatable bonds is 5. The predicted octanol–water partition coefficient (Wildman–Crippen LogP) is 0.106. The molecule has 1 rings (SSSR count). The first-order valence-electron chi connectivity index (χ1n) is 5.90. The van der Waals surface area contributed by atoms with E-state index in [2.05, 4.69) is 10.1 Å². The summed E-state index contributed by atoms with van der Waals surface area (Å²) >= 11 is 0. The van der Waals surface area contributed by atoms with Crippen molar-refractivity contribution in [3.63, 3.8) is 0 Å². The molecule has 0 atom stereocenters. The quantitative estimate of drug-likeness (QED) is 0.717. The number of methoxy groups -OCH3 is 1. The van der Waals surface area contributed by atoms with E-state index in [1.165, 1.54) is 7.11 Å². The smallest absolute Gasteiger partial charge is 0.413 e. The van der Waals surface area contributed by atoms with Crippen LogP contribution in [0.25, 0.3) is 0 Å². The Morgan fingerprint density at radius 3 is 2.59 bits per heavy atom. The van der Waals surface area contributed by atoms with Gasteiger partial charge in [-0.15, -0.1) is 0 Å². The van der Waals surface area contributed by atoms with Gasteiger partial charge in [-0.05, 0) is 12.8 Å². The summed E-state index contributed by atoms with van der Waals surface area (Å²) in [5.74, 6) is -0.391. The Bertz CT molecular complexity index is 264. The Morgan fingerprint density at radius 2 is 2.06 bits per heavy atom. The molecule has 1 fully saturated rings. The molecular formula is C11H20N2O4. The maximum Gasteiger partial charge on any atom is 0.413 e. The van der Waals surface area contributed by atoms with E-state index in [9.17, 15) is 9.59 Å². The molecule has 2 amide bonds. The van der Waals surface area contributed by atoms with Crippen molar-refractivity contribution < 1.29 is 19.4 Å². The Kier molecular flexibility index (Phi) is 5.93. The van der Waals surface area contributed by atoms with Gasteiger partial charge in [-0.3, -0.25) is 15.0 Å². The lowest BCUT2D eigenvalue weighted by Gasteiger charge is -2.26. The number of carbonyl (C=O) groups is 2. The summed E-state index contributed by atoms with van der Waals surface area (Å²) in [6.07, 6.45) is 3.67.